The number of nitrogens with one attached hydrogen (secondary N) is 1. The fourth-order valence-electron chi connectivity index (χ4n) is 0.876. The standard InChI is InChI=1S/C8H16N4S/c1-3-7-11-8(13-12-7)10-5-4-6(2)9/h6H,3-5,9H2,1-2H3,(H,10,11,12). The highest BCUT2D eigenvalue weighted by molar-refractivity contribution is 7.09. The van der Waals surface area contributed by atoms with E-state index >= 15 is 0 Å². The third kappa shape index (κ3) is 3.69. The van der Waals surface area contributed by atoms with Crippen LogP contribution in [0.2, 0.25) is 0 Å². The maximum atomic E-state index is 5.62. The molecule has 1 aromatic rings. The lowest BCUT2D eigenvalue weighted by atomic mass is 10.2. The number of rotatable bonds is 5. The number of aromatic nitrogens is 2. The smallest absolute Gasteiger partial charge is 0.202 e. The van der Waals surface area contributed by atoms with Crippen LogP contribution in [-0.4, -0.2) is 21.9 Å². The van der Waals surface area contributed by atoms with Gasteiger partial charge in [-0.2, -0.15) is 4.37 Å². The number of nitrogens with two attached hydrogens (primary N) is 1. The van der Waals surface area contributed by atoms with Crippen LogP contribution >= 0.6 is 11.5 Å². The Bertz CT molecular complexity index is 246. The molecule has 1 atom stereocenters. The second-order valence-corrected chi connectivity index (χ2v) is 3.81. The van der Waals surface area contributed by atoms with Gasteiger partial charge in [-0.25, -0.2) is 4.98 Å². The first-order chi connectivity index (χ1) is 6.22. The fourth-order valence-corrected chi connectivity index (χ4v) is 1.55. The summed E-state index contributed by atoms with van der Waals surface area (Å²) < 4.78 is 4.17. The number of anilines is 1. The molecule has 0 fully saturated rings. The summed E-state index contributed by atoms with van der Waals surface area (Å²) in [5.41, 5.74) is 5.62. The lowest BCUT2D eigenvalue weighted by Crippen LogP contribution is -2.19. The quantitative estimate of drug-likeness (QED) is 0.751. The van der Waals surface area contributed by atoms with Crippen molar-refractivity contribution in [3.63, 3.8) is 0 Å². The van der Waals surface area contributed by atoms with Crippen LogP contribution in [0.4, 0.5) is 5.13 Å². The van der Waals surface area contributed by atoms with Crippen LogP contribution in [0.25, 0.3) is 0 Å². The zero-order valence-electron chi connectivity index (χ0n) is 8.08. The average Bonchev–Trinajstić information content (AvgIpc) is 2.52. The molecule has 74 valence electrons. The highest BCUT2D eigenvalue weighted by Crippen LogP contribution is 2.10. The van der Waals surface area contributed by atoms with Crippen LogP contribution in [0.3, 0.4) is 0 Å². The molecule has 0 bridgehead atoms. The summed E-state index contributed by atoms with van der Waals surface area (Å²) in [4.78, 5) is 4.28. The van der Waals surface area contributed by atoms with Crippen LogP contribution in [0, 0.1) is 0 Å². The fraction of sp³-hybridized carbons (Fsp3) is 0.750. The zero-order valence-corrected chi connectivity index (χ0v) is 8.90. The molecule has 1 aromatic heterocycles. The minimum absolute atomic E-state index is 0.242. The molecule has 3 N–H and O–H groups in total. The van der Waals surface area contributed by atoms with Gasteiger partial charge in [0.2, 0.25) is 5.13 Å². The Kier molecular flexibility index (Phi) is 4.11. The predicted octanol–water partition coefficient (Wildman–Crippen LogP) is 1.25. The Labute approximate surface area is 82.7 Å². The van der Waals surface area contributed by atoms with E-state index in [1.54, 1.807) is 0 Å². The average molecular weight is 200 g/mol. The van der Waals surface area contributed by atoms with E-state index in [0.29, 0.717) is 0 Å². The summed E-state index contributed by atoms with van der Waals surface area (Å²) in [6.45, 7) is 4.92. The Hall–Kier alpha value is -0.680. The molecule has 13 heavy (non-hydrogen) atoms. The Morgan fingerprint density at radius 1 is 1.62 bits per heavy atom. The normalized spacial score (nSPS) is 12.8. The topological polar surface area (TPSA) is 63.8 Å². The first-order valence-electron chi connectivity index (χ1n) is 4.54. The van der Waals surface area contributed by atoms with Crippen molar-refractivity contribution in [2.24, 2.45) is 5.73 Å². The summed E-state index contributed by atoms with van der Waals surface area (Å²) >= 11 is 1.41. The second-order valence-electron chi connectivity index (χ2n) is 3.06. The minimum atomic E-state index is 0.242. The largest absolute Gasteiger partial charge is 0.360 e. The molecule has 1 unspecified atom stereocenters. The van der Waals surface area contributed by atoms with Gasteiger partial charge in [0.25, 0.3) is 0 Å². The van der Waals surface area contributed by atoms with Crippen LogP contribution < -0.4 is 11.1 Å². The molecule has 0 saturated carbocycles. The summed E-state index contributed by atoms with van der Waals surface area (Å²) in [6.07, 6.45) is 1.85. The number of aryl methyl sites for hydroxylation is 1. The van der Waals surface area contributed by atoms with E-state index in [1.807, 2.05) is 13.8 Å². The third-order valence-corrected chi connectivity index (χ3v) is 2.37. The van der Waals surface area contributed by atoms with Crippen LogP contribution in [0.5, 0.6) is 0 Å². The van der Waals surface area contributed by atoms with Crippen LogP contribution in [0.1, 0.15) is 26.1 Å². The molecule has 0 aliphatic carbocycles. The van der Waals surface area contributed by atoms with Gasteiger partial charge < -0.3 is 11.1 Å². The van der Waals surface area contributed by atoms with Gasteiger partial charge in [-0.3, -0.25) is 0 Å². The van der Waals surface area contributed by atoms with E-state index in [0.717, 1.165) is 30.3 Å². The molecular weight excluding hydrogens is 184 g/mol. The van der Waals surface area contributed by atoms with E-state index < -0.39 is 0 Å². The van der Waals surface area contributed by atoms with Gasteiger partial charge in [-0.1, -0.05) is 6.92 Å². The molecule has 4 nitrogen and oxygen atoms in total. The summed E-state index contributed by atoms with van der Waals surface area (Å²) in [5.74, 6) is 0.910. The Morgan fingerprint density at radius 3 is 2.92 bits per heavy atom. The molecule has 0 amide bonds. The third-order valence-electron chi connectivity index (χ3n) is 1.66. The molecular formula is C8H16N4S. The molecule has 1 heterocycles. The summed E-state index contributed by atoms with van der Waals surface area (Å²) in [6, 6.07) is 0.242. The van der Waals surface area contributed by atoms with Crippen molar-refractivity contribution >= 4 is 16.7 Å². The monoisotopic (exact) mass is 200 g/mol. The van der Waals surface area contributed by atoms with Crippen LogP contribution in [-0.2, 0) is 6.42 Å². The van der Waals surface area contributed by atoms with Crippen molar-refractivity contribution in [2.75, 3.05) is 11.9 Å². The summed E-state index contributed by atoms with van der Waals surface area (Å²) in [7, 11) is 0. The lowest BCUT2D eigenvalue weighted by Gasteiger charge is -2.04. The van der Waals surface area contributed by atoms with E-state index in [1.165, 1.54) is 11.5 Å². The first kappa shape index (κ1) is 10.4. The minimum Gasteiger partial charge on any atom is -0.360 e. The van der Waals surface area contributed by atoms with Crippen molar-refractivity contribution in [2.45, 2.75) is 32.7 Å². The van der Waals surface area contributed by atoms with Crippen molar-refractivity contribution in [1.82, 2.24) is 9.36 Å². The SMILES string of the molecule is CCc1nsc(NCCC(C)N)n1. The highest BCUT2D eigenvalue weighted by atomic mass is 32.1. The Morgan fingerprint density at radius 2 is 2.38 bits per heavy atom. The number of nitrogens with zero attached hydrogens (tertiary/aromatic N) is 2. The molecule has 0 saturated heterocycles. The van der Waals surface area contributed by atoms with Gasteiger partial charge in [0.05, 0.1) is 0 Å². The molecule has 0 aromatic carbocycles. The maximum absolute atomic E-state index is 5.62. The lowest BCUT2D eigenvalue weighted by molar-refractivity contribution is 0.690. The van der Waals surface area contributed by atoms with Crippen molar-refractivity contribution in [3.8, 4) is 0 Å². The van der Waals surface area contributed by atoms with Gasteiger partial charge in [0, 0.05) is 30.5 Å². The molecule has 1 rings (SSSR count). The zero-order chi connectivity index (χ0) is 9.68. The van der Waals surface area contributed by atoms with E-state index in [9.17, 15) is 0 Å². The van der Waals surface area contributed by atoms with Gasteiger partial charge in [0.1, 0.15) is 5.82 Å². The molecule has 5 heteroatoms. The van der Waals surface area contributed by atoms with Crippen molar-refractivity contribution < 1.29 is 0 Å². The number of hydrogen-bond donors (Lipinski definition) is 2. The molecule has 0 radical (unpaired) electrons. The highest BCUT2D eigenvalue weighted by Gasteiger charge is 2.01. The second kappa shape index (κ2) is 5.14. The van der Waals surface area contributed by atoms with E-state index in [4.69, 9.17) is 5.73 Å². The predicted molar refractivity (Wildman–Crippen MR) is 56.0 cm³/mol. The summed E-state index contributed by atoms with van der Waals surface area (Å²) in [5, 5.41) is 4.10. The molecule has 0 aliphatic rings. The Balaban J connectivity index is 2.28. The first-order valence-corrected chi connectivity index (χ1v) is 5.31. The van der Waals surface area contributed by atoms with E-state index in [2.05, 4.69) is 14.7 Å². The van der Waals surface area contributed by atoms with Gasteiger partial charge >= 0.3 is 0 Å². The molecule has 0 aliphatic heterocycles. The van der Waals surface area contributed by atoms with Crippen LogP contribution in [0.15, 0.2) is 0 Å². The van der Waals surface area contributed by atoms with Gasteiger partial charge in [-0.15, -0.1) is 0 Å². The van der Waals surface area contributed by atoms with Gasteiger partial charge in [0.15, 0.2) is 0 Å². The van der Waals surface area contributed by atoms with E-state index in [-0.39, 0.29) is 6.04 Å². The number of hydrogen-bond acceptors (Lipinski definition) is 5. The molecule has 0 spiro atoms. The van der Waals surface area contributed by atoms with Crippen molar-refractivity contribution in [1.29, 1.82) is 0 Å². The van der Waals surface area contributed by atoms with Crippen molar-refractivity contribution in [3.05, 3.63) is 5.82 Å². The van der Waals surface area contributed by atoms with Gasteiger partial charge in [-0.05, 0) is 13.3 Å². The maximum Gasteiger partial charge on any atom is 0.202 e.